The number of carbonyl (C=O) groups excluding carboxylic acids is 2. The second-order valence-corrected chi connectivity index (χ2v) is 10.4. The number of carboxylic acids is 1. The monoisotopic (exact) mass is 483 g/mol. The molecular formula is C24H25N3O4S2. The highest BCUT2D eigenvalue weighted by molar-refractivity contribution is 8.01. The maximum Gasteiger partial charge on any atom is 0.307 e. The molecule has 2 amide bonds. The first-order valence-electron chi connectivity index (χ1n) is 10.8. The summed E-state index contributed by atoms with van der Waals surface area (Å²) in [6.07, 6.45) is 2.85. The van der Waals surface area contributed by atoms with Gasteiger partial charge in [0.15, 0.2) is 4.34 Å². The predicted molar refractivity (Wildman–Crippen MR) is 132 cm³/mol. The van der Waals surface area contributed by atoms with Crippen molar-refractivity contribution in [3.8, 4) is 0 Å². The van der Waals surface area contributed by atoms with E-state index in [0.29, 0.717) is 18.5 Å². The highest BCUT2D eigenvalue weighted by Crippen LogP contribution is 2.33. The number of aromatic nitrogens is 1. The SMILES string of the molecule is Cc1ccccc1NC(=O)CSc1nc2ccc(NC(=O)[C@@H]3CCCC[C@H]3C(=O)O)cc2s1. The fraction of sp³-hybridized carbons (Fsp3) is 0.333. The Morgan fingerprint density at radius 2 is 1.85 bits per heavy atom. The van der Waals surface area contributed by atoms with Crippen molar-refractivity contribution in [1.29, 1.82) is 0 Å². The first kappa shape index (κ1) is 23.3. The van der Waals surface area contributed by atoms with E-state index in [9.17, 15) is 19.5 Å². The number of benzene rings is 2. The summed E-state index contributed by atoms with van der Waals surface area (Å²) in [6, 6.07) is 13.1. The number of anilines is 2. The summed E-state index contributed by atoms with van der Waals surface area (Å²) in [6.45, 7) is 1.95. The van der Waals surface area contributed by atoms with E-state index in [1.54, 1.807) is 6.07 Å². The maximum atomic E-state index is 12.7. The lowest BCUT2D eigenvalue weighted by atomic mass is 9.78. The Morgan fingerprint density at radius 3 is 2.61 bits per heavy atom. The molecular weight excluding hydrogens is 458 g/mol. The molecule has 1 aliphatic carbocycles. The third kappa shape index (κ3) is 5.72. The number of thiazole rings is 1. The van der Waals surface area contributed by atoms with Crippen molar-refractivity contribution in [2.45, 2.75) is 36.9 Å². The van der Waals surface area contributed by atoms with E-state index in [2.05, 4.69) is 15.6 Å². The molecule has 1 aliphatic rings. The van der Waals surface area contributed by atoms with Crippen LogP contribution in [0.5, 0.6) is 0 Å². The molecule has 172 valence electrons. The molecule has 1 saturated carbocycles. The number of nitrogens with one attached hydrogen (secondary N) is 2. The zero-order valence-electron chi connectivity index (χ0n) is 18.2. The third-order valence-electron chi connectivity index (χ3n) is 5.80. The predicted octanol–water partition coefficient (Wildman–Crippen LogP) is 5.17. The average Bonchev–Trinajstić information content (AvgIpc) is 3.21. The molecule has 0 aliphatic heterocycles. The number of hydrogen-bond donors (Lipinski definition) is 3. The highest BCUT2D eigenvalue weighted by Gasteiger charge is 2.35. The summed E-state index contributed by atoms with van der Waals surface area (Å²) < 4.78 is 1.67. The summed E-state index contributed by atoms with van der Waals surface area (Å²) in [4.78, 5) is 41.1. The fourth-order valence-corrected chi connectivity index (χ4v) is 5.95. The van der Waals surface area contributed by atoms with Gasteiger partial charge >= 0.3 is 5.97 Å². The van der Waals surface area contributed by atoms with Gasteiger partial charge < -0.3 is 15.7 Å². The Bertz CT molecular complexity index is 1190. The fourth-order valence-electron chi connectivity index (χ4n) is 4.04. The molecule has 0 bridgehead atoms. The van der Waals surface area contributed by atoms with Crippen LogP contribution in [-0.2, 0) is 14.4 Å². The van der Waals surface area contributed by atoms with Crippen LogP contribution in [0.2, 0.25) is 0 Å². The van der Waals surface area contributed by atoms with Gasteiger partial charge in [-0.25, -0.2) is 4.98 Å². The van der Waals surface area contributed by atoms with E-state index in [4.69, 9.17) is 0 Å². The number of carboxylic acid groups (broad SMARTS) is 1. The van der Waals surface area contributed by atoms with Crippen molar-refractivity contribution in [2.24, 2.45) is 11.8 Å². The second-order valence-electron chi connectivity index (χ2n) is 8.14. The zero-order chi connectivity index (χ0) is 23.4. The summed E-state index contributed by atoms with van der Waals surface area (Å²) in [5.41, 5.74) is 3.23. The number of carbonyl (C=O) groups is 3. The standard InChI is InChI=1S/C24H25N3O4S2/c1-14-6-2-5-9-18(14)26-21(28)13-32-24-27-19-11-10-15(12-20(19)33-24)25-22(29)16-7-3-4-8-17(16)23(30)31/h2,5-6,9-12,16-17H,3-4,7-8,13H2,1H3,(H,25,29)(H,26,28)(H,30,31)/t16-,17-/m1/s1. The molecule has 1 fully saturated rings. The van der Waals surface area contributed by atoms with E-state index in [1.165, 1.54) is 23.1 Å². The molecule has 2 atom stereocenters. The van der Waals surface area contributed by atoms with Crippen molar-refractivity contribution in [1.82, 2.24) is 4.98 Å². The van der Waals surface area contributed by atoms with Crippen LogP contribution in [0.25, 0.3) is 10.2 Å². The third-order valence-corrected chi connectivity index (χ3v) is 7.96. The Balaban J connectivity index is 1.38. The summed E-state index contributed by atoms with van der Waals surface area (Å²) >= 11 is 2.83. The van der Waals surface area contributed by atoms with Gasteiger partial charge in [0, 0.05) is 11.4 Å². The average molecular weight is 484 g/mol. The van der Waals surface area contributed by atoms with Gasteiger partial charge in [-0.3, -0.25) is 14.4 Å². The van der Waals surface area contributed by atoms with Gasteiger partial charge in [0.25, 0.3) is 0 Å². The number of aliphatic carboxylic acids is 1. The van der Waals surface area contributed by atoms with Crippen LogP contribution in [0.1, 0.15) is 31.2 Å². The van der Waals surface area contributed by atoms with Crippen LogP contribution >= 0.6 is 23.1 Å². The number of para-hydroxylation sites is 1. The van der Waals surface area contributed by atoms with Crippen LogP contribution in [-0.4, -0.2) is 33.6 Å². The smallest absolute Gasteiger partial charge is 0.307 e. The number of rotatable bonds is 7. The van der Waals surface area contributed by atoms with Crippen LogP contribution in [0.3, 0.4) is 0 Å². The Labute approximate surface area is 200 Å². The van der Waals surface area contributed by atoms with E-state index in [0.717, 1.165) is 38.6 Å². The normalized spacial score (nSPS) is 18.1. The number of thioether (sulfide) groups is 1. The molecule has 2 aromatic carbocycles. The number of aryl methyl sites for hydroxylation is 1. The largest absolute Gasteiger partial charge is 0.481 e. The van der Waals surface area contributed by atoms with Crippen molar-refractivity contribution in [3.63, 3.8) is 0 Å². The van der Waals surface area contributed by atoms with Crippen LogP contribution in [0.4, 0.5) is 11.4 Å². The summed E-state index contributed by atoms with van der Waals surface area (Å²) in [7, 11) is 0. The second kappa shape index (κ2) is 10.4. The van der Waals surface area contributed by atoms with E-state index < -0.39 is 17.8 Å². The van der Waals surface area contributed by atoms with Gasteiger partial charge in [0.05, 0.1) is 27.8 Å². The van der Waals surface area contributed by atoms with Crippen LogP contribution < -0.4 is 10.6 Å². The molecule has 0 saturated heterocycles. The molecule has 0 spiro atoms. The van der Waals surface area contributed by atoms with Gasteiger partial charge in [0.1, 0.15) is 0 Å². The summed E-state index contributed by atoms with van der Waals surface area (Å²) in [5.74, 6) is -2.13. The van der Waals surface area contributed by atoms with E-state index in [1.807, 2.05) is 43.3 Å². The molecule has 1 aromatic heterocycles. The Hall–Kier alpha value is -2.91. The lowest BCUT2D eigenvalue weighted by Gasteiger charge is -2.27. The van der Waals surface area contributed by atoms with Crippen molar-refractivity contribution < 1.29 is 19.5 Å². The molecule has 1 heterocycles. The topological polar surface area (TPSA) is 108 Å². The molecule has 9 heteroatoms. The number of fused-ring (bicyclic) bond motifs is 1. The number of amides is 2. The molecule has 3 N–H and O–H groups in total. The van der Waals surface area contributed by atoms with Gasteiger partial charge in [-0.15, -0.1) is 11.3 Å². The summed E-state index contributed by atoms with van der Waals surface area (Å²) in [5, 5.41) is 15.2. The van der Waals surface area contributed by atoms with Gasteiger partial charge in [-0.2, -0.15) is 0 Å². The van der Waals surface area contributed by atoms with Crippen molar-refractivity contribution >= 4 is 62.5 Å². The minimum absolute atomic E-state index is 0.0954. The number of hydrogen-bond acceptors (Lipinski definition) is 6. The first-order chi connectivity index (χ1) is 15.9. The van der Waals surface area contributed by atoms with Crippen LogP contribution in [0, 0.1) is 18.8 Å². The zero-order valence-corrected chi connectivity index (χ0v) is 19.8. The lowest BCUT2D eigenvalue weighted by molar-refractivity contribution is -0.147. The lowest BCUT2D eigenvalue weighted by Crippen LogP contribution is -2.36. The van der Waals surface area contributed by atoms with Gasteiger partial charge in [0.2, 0.25) is 11.8 Å². The maximum absolute atomic E-state index is 12.7. The molecule has 0 unspecified atom stereocenters. The quantitative estimate of drug-likeness (QED) is 0.400. The molecule has 3 aromatic rings. The molecule has 4 rings (SSSR count). The first-order valence-corrected chi connectivity index (χ1v) is 12.6. The highest BCUT2D eigenvalue weighted by atomic mass is 32.2. The van der Waals surface area contributed by atoms with Crippen molar-refractivity contribution in [3.05, 3.63) is 48.0 Å². The Kier molecular flexibility index (Phi) is 7.29. The van der Waals surface area contributed by atoms with Gasteiger partial charge in [-0.05, 0) is 49.6 Å². The van der Waals surface area contributed by atoms with Crippen molar-refractivity contribution in [2.75, 3.05) is 16.4 Å². The van der Waals surface area contributed by atoms with E-state index in [-0.39, 0.29) is 17.6 Å². The number of nitrogens with zero attached hydrogens (tertiary/aromatic N) is 1. The van der Waals surface area contributed by atoms with Crippen LogP contribution in [0.15, 0.2) is 46.8 Å². The molecule has 33 heavy (non-hydrogen) atoms. The van der Waals surface area contributed by atoms with Gasteiger partial charge in [-0.1, -0.05) is 42.8 Å². The molecule has 0 radical (unpaired) electrons. The minimum Gasteiger partial charge on any atom is -0.481 e. The Morgan fingerprint density at radius 1 is 1.09 bits per heavy atom. The van der Waals surface area contributed by atoms with E-state index >= 15 is 0 Å². The molecule has 7 nitrogen and oxygen atoms in total. The minimum atomic E-state index is -0.902.